The van der Waals surface area contributed by atoms with Crippen molar-refractivity contribution < 1.29 is 22.1 Å². The van der Waals surface area contributed by atoms with Gasteiger partial charge in [0.05, 0.1) is 21.5 Å². The molecular weight excluding hydrogens is 351 g/mol. The lowest BCUT2D eigenvalue weighted by Gasteiger charge is -2.19. The molecule has 0 aromatic heterocycles. The lowest BCUT2D eigenvalue weighted by Crippen LogP contribution is -2.24. The monoisotopic (exact) mass is 368 g/mol. The number of benzene rings is 1. The third-order valence-corrected chi connectivity index (χ3v) is 4.41. The molecule has 22 heavy (non-hydrogen) atoms. The Morgan fingerprint density at radius 3 is 2.36 bits per heavy atom. The summed E-state index contributed by atoms with van der Waals surface area (Å²) >= 11 is 11.5. The largest absolute Gasteiger partial charge is 0.460 e. The van der Waals surface area contributed by atoms with E-state index in [1.165, 1.54) is 18.2 Å². The number of carbonyl (C=O) groups is 1. The number of ether oxygens (including phenoxy) is 1. The number of halogens is 2. The van der Waals surface area contributed by atoms with Gasteiger partial charge in [0, 0.05) is 6.42 Å². The van der Waals surface area contributed by atoms with Gasteiger partial charge in [-0.05, 0) is 45.4 Å². The summed E-state index contributed by atoms with van der Waals surface area (Å²) < 4.78 is 33.8. The molecule has 0 aliphatic rings. The summed E-state index contributed by atoms with van der Waals surface area (Å²) in [6, 6.07) is 3.89. The van der Waals surface area contributed by atoms with Crippen LogP contribution in [0.5, 0.6) is 0 Å². The van der Waals surface area contributed by atoms with Crippen molar-refractivity contribution in [2.45, 2.75) is 44.1 Å². The van der Waals surface area contributed by atoms with Crippen molar-refractivity contribution in [1.82, 2.24) is 0 Å². The molecule has 0 atom stereocenters. The minimum absolute atomic E-state index is 0.0775. The molecule has 0 fully saturated rings. The molecule has 0 bridgehead atoms. The Bertz CT molecular complexity index is 635. The highest BCUT2D eigenvalue weighted by atomic mass is 35.5. The Kier molecular flexibility index (Phi) is 6.67. The van der Waals surface area contributed by atoms with Crippen molar-refractivity contribution >= 4 is 39.3 Å². The van der Waals surface area contributed by atoms with Crippen LogP contribution in [0, 0.1) is 0 Å². The quantitative estimate of drug-likeness (QED) is 0.433. The predicted molar refractivity (Wildman–Crippen MR) is 84.7 cm³/mol. The van der Waals surface area contributed by atoms with Crippen LogP contribution in [-0.2, 0) is 23.8 Å². The third-order valence-electron chi connectivity index (χ3n) is 2.36. The molecular formula is C14H18Cl2O5S. The van der Waals surface area contributed by atoms with Gasteiger partial charge in [-0.15, -0.1) is 0 Å². The Morgan fingerprint density at radius 2 is 1.82 bits per heavy atom. The standard InChI is InChI=1S/C14H18Cl2O5S/c1-14(2,3)21-13(17)5-4-8-20-22(18,19)10-6-7-11(15)12(16)9-10/h6-7,9H,4-5,8H2,1-3H3. The van der Waals surface area contributed by atoms with Gasteiger partial charge in [-0.3, -0.25) is 8.98 Å². The van der Waals surface area contributed by atoms with Crippen LogP contribution in [0.2, 0.25) is 10.0 Å². The topological polar surface area (TPSA) is 69.7 Å². The van der Waals surface area contributed by atoms with Gasteiger partial charge in [-0.2, -0.15) is 8.42 Å². The second-order valence-corrected chi connectivity index (χ2v) is 7.97. The predicted octanol–water partition coefficient (Wildman–Crippen LogP) is 3.82. The molecule has 0 aliphatic heterocycles. The molecule has 0 N–H and O–H groups in total. The summed E-state index contributed by atoms with van der Waals surface area (Å²) in [5, 5.41) is 0.380. The molecule has 0 amide bonds. The molecule has 0 heterocycles. The normalized spacial score (nSPS) is 12.2. The van der Waals surface area contributed by atoms with E-state index in [0.717, 1.165) is 0 Å². The molecule has 0 saturated heterocycles. The molecule has 5 nitrogen and oxygen atoms in total. The molecule has 0 spiro atoms. The SMILES string of the molecule is CC(C)(C)OC(=O)CCCOS(=O)(=O)c1ccc(Cl)c(Cl)c1. The van der Waals surface area contributed by atoms with Crippen LogP contribution < -0.4 is 0 Å². The zero-order chi connectivity index (χ0) is 17.0. The Morgan fingerprint density at radius 1 is 1.18 bits per heavy atom. The summed E-state index contributed by atoms with van der Waals surface area (Å²) in [5.74, 6) is -0.400. The fraction of sp³-hybridized carbons (Fsp3) is 0.500. The van der Waals surface area contributed by atoms with Gasteiger partial charge >= 0.3 is 5.97 Å². The first-order valence-electron chi connectivity index (χ1n) is 6.57. The Labute approximate surface area is 140 Å². The third kappa shape index (κ3) is 6.52. The maximum atomic E-state index is 11.9. The zero-order valence-electron chi connectivity index (χ0n) is 12.6. The average Bonchev–Trinajstić information content (AvgIpc) is 2.36. The van der Waals surface area contributed by atoms with Crippen LogP contribution in [0.1, 0.15) is 33.6 Å². The highest BCUT2D eigenvalue weighted by Crippen LogP contribution is 2.25. The average molecular weight is 369 g/mol. The maximum absolute atomic E-state index is 11.9. The first-order chi connectivity index (χ1) is 10.0. The maximum Gasteiger partial charge on any atom is 0.306 e. The van der Waals surface area contributed by atoms with E-state index in [-0.39, 0.29) is 34.4 Å². The van der Waals surface area contributed by atoms with E-state index in [1.54, 1.807) is 20.8 Å². The smallest absolute Gasteiger partial charge is 0.306 e. The number of hydrogen-bond donors (Lipinski definition) is 0. The zero-order valence-corrected chi connectivity index (χ0v) is 14.9. The summed E-state index contributed by atoms with van der Waals surface area (Å²) in [5.41, 5.74) is -0.565. The van der Waals surface area contributed by atoms with Gasteiger partial charge in [0.25, 0.3) is 10.1 Å². The Hall–Kier alpha value is -0.820. The molecule has 124 valence electrons. The van der Waals surface area contributed by atoms with Crippen molar-refractivity contribution in [3.8, 4) is 0 Å². The van der Waals surface area contributed by atoms with Crippen molar-refractivity contribution in [3.63, 3.8) is 0 Å². The van der Waals surface area contributed by atoms with Crippen LogP contribution in [0.3, 0.4) is 0 Å². The summed E-state index contributed by atoms with van der Waals surface area (Å²) in [6.07, 6.45) is 0.309. The minimum Gasteiger partial charge on any atom is -0.460 e. The van der Waals surface area contributed by atoms with Crippen LogP contribution in [0.25, 0.3) is 0 Å². The molecule has 0 aliphatic carbocycles. The van der Waals surface area contributed by atoms with Gasteiger partial charge in [0.1, 0.15) is 5.60 Å². The van der Waals surface area contributed by atoms with E-state index in [9.17, 15) is 13.2 Å². The molecule has 1 aromatic rings. The lowest BCUT2D eigenvalue weighted by atomic mass is 10.2. The number of esters is 1. The van der Waals surface area contributed by atoms with Gasteiger partial charge in [0.2, 0.25) is 0 Å². The van der Waals surface area contributed by atoms with Gasteiger partial charge in [-0.25, -0.2) is 0 Å². The molecule has 0 unspecified atom stereocenters. The minimum atomic E-state index is -3.93. The molecule has 0 radical (unpaired) electrons. The second-order valence-electron chi connectivity index (χ2n) is 5.54. The van der Waals surface area contributed by atoms with Crippen LogP contribution in [-0.4, -0.2) is 26.6 Å². The highest BCUT2D eigenvalue weighted by molar-refractivity contribution is 7.86. The first-order valence-corrected chi connectivity index (χ1v) is 8.74. The van der Waals surface area contributed by atoms with E-state index in [4.69, 9.17) is 32.1 Å². The molecule has 1 aromatic carbocycles. The van der Waals surface area contributed by atoms with E-state index in [2.05, 4.69) is 0 Å². The van der Waals surface area contributed by atoms with E-state index in [0.29, 0.717) is 0 Å². The molecule has 1 rings (SSSR count). The molecule has 0 saturated carbocycles. The summed E-state index contributed by atoms with van der Waals surface area (Å²) in [4.78, 5) is 11.4. The number of carbonyl (C=O) groups excluding carboxylic acids is 1. The number of hydrogen-bond acceptors (Lipinski definition) is 5. The van der Waals surface area contributed by atoms with Crippen LogP contribution in [0.15, 0.2) is 23.1 Å². The van der Waals surface area contributed by atoms with Gasteiger partial charge < -0.3 is 4.74 Å². The van der Waals surface area contributed by atoms with Crippen molar-refractivity contribution in [2.75, 3.05) is 6.61 Å². The van der Waals surface area contributed by atoms with E-state index >= 15 is 0 Å². The Balaban J connectivity index is 2.50. The van der Waals surface area contributed by atoms with Crippen molar-refractivity contribution in [2.24, 2.45) is 0 Å². The fourth-order valence-electron chi connectivity index (χ4n) is 1.48. The lowest BCUT2D eigenvalue weighted by molar-refractivity contribution is -0.155. The summed E-state index contributed by atoms with van der Waals surface area (Å²) in [7, 11) is -3.93. The number of rotatable bonds is 6. The van der Waals surface area contributed by atoms with Crippen LogP contribution >= 0.6 is 23.2 Å². The fourth-order valence-corrected chi connectivity index (χ4v) is 2.81. The summed E-state index contributed by atoms with van der Waals surface area (Å²) in [6.45, 7) is 5.16. The van der Waals surface area contributed by atoms with E-state index in [1.807, 2.05) is 0 Å². The highest BCUT2D eigenvalue weighted by Gasteiger charge is 2.18. The van der Waals surface area contributed by atoms with Crippen LogP contribution in [0.4, 0.5) is 0 Å². The van der Waals surface area contributed by atoms with E-state index < -0.39 is 21.7 Å². The first kappa shape index (κ1) is 19.2. The van der Waals surface area contributed by atoms with Crippen molar-refractivity contribution in [3.05, 3.63) is 28.2 Å². The van der Waals surface area contributed by atoms with Gasteiger partial charge in [-0.1, -0.05) is 23.2 Å². The van der Waals surface area contributed by atoms with Gasteiger partial charge in [0.15, 0.2) is 0 Å². The van der Waals surface area contributed by atoms with Crippen molar-refractivity contribution in [1.29, 1.82) is 0 Å². The molecule has 8 heteroatoms. The second kappa shape index (κ2) is 7.64.